The fraction of sp³-hybridized carbons (Fsp3) is 0.429. The zero-order valence-corrected chi connectivity index (χ0v) is 27.8. The Labute approximate surface area is 280 Å². The Balaban J connectivity index is 1.42. The molecule has 0 aliphatic carbocycles. The smallest absolute Gasteiger partial charge is 0.407 e. The minimum atomic E-state index is -3.83. The number of carbonyl (C=O) groups excluding carboxylic acids is 2. The summed E-state index contributed by atoms with van der Waals surface area (Å²) in [5.74, 6) is -2.26. The van der Waals surface area contributed by atoms with Crippen LogP contribution in [0.3, 0.4) is 0 Å². The highest BCUT2D eigenvalue weighted by Crippen LogP contribution is 2.36. The molecular weight excluding hydrogens is 642 g/mol. The summed E-state index contributed by atoms with van der Waals surface area (Å²) in [7, 11) is -2.64. The zero-order chi connectivity index (χ0) is 34.3. The highest BCUT2D eigenvalue weighted by molar-refractivity contribution is 7.89. The van der Waals surface area contributed by atoms with Crippen LogP contribution in [-0.4, -0.2) is 76.3 Å². The third-order valence-electron chi connectivity index (χ3n) is 9.17. The molecule has 3 N–H and O–H groups in total. The van der Waals surface area contributed by atoms with Crippen LogP contribution in [0.25, 0.3) is 0 Å². The van der Waals surface area contributed by atoms with Gasteiger partial charge in [-0.1, -0.05) is 36.4 Å². The number of hydrogen-bond donors (Lipinski definition) is 3. The number of anilines is 1. The number of alkyl carbamates (subject to hydrolysis) is 1. The molecule has 2 heterocycles. The summed E-state index contributed by atoms with van der Waals surface area (Å²) in [5.41, 5.74) is 1.07. The molecule has 0 bridgehead atoms. The maximum absolute atomic E-state index is 15.5. The van der Waals surface area contributed by atoms with Gasteiger partial charge in [0.25, 0.3) is 0 Å². The Morgan fingerprint density at radius 2 is 1.71 bits per heavy atom. The second kappa shape index (κ2) is 16.0. The number of rotatable bonds is 11. The zero-order valence-electron chi connectivity index (χ0n) is 27.0. The largest absolute Gasteiger partial charge is 0.453 e. The lowest BCUT2D eigenvalue weighted by molar-refractivity contribution is -0.119. The highest BCUT2D eigenvalue weighted by Gasteiger charge is 2.39. The molecule has 0 spiro atoms. The maximum atomic E-state index is 15.5. The van der Waals surface area contributed by atoms with Gasteiger partial charge in [-0.05, 0) is 80.5 Å². The van der Waals surface area contributed by atoms with Crippen molar-refractivity contribution in [3.05, 3.63) is 95.6 Å². The van der Waals surface area contributed by atoms with Gasteiger partial charge in [0.1, 0.15) is 17.7 Å². The van der Waals surface area contributed by atoms with Gasteiger partial charge in [0.2, 0.25) is 15.9 Å². The molecule has 13 heteroatoms. The van der Waals surface area contributed by atoms with E-state index in [0.29, 0.717) is 44.7 Å². The second-order valence-electron chi connectivity index (χ2n) is 12.2. The van der Waals surface area contributed by atoms with Crippen molar-refractivity contribution in [3.8, 4) is 0 Å². The summed E-state index contributed by atoms with van der Waals surface area (Å²) < 4.78 is 68.8. The Morgan fingerprint density at radius 1 is 1.00 bits per heavy atom. The monoisotopic (exact) mass is 684 g/mol. The maximum Gasteiger partial charge on any atom is 0.407 e. The van der Waals surface area contributed by atoms with Crippen molar-refractivity contribution in [1.82, 2.24) is 14.9 Å². The number of halogens is 2. The molecule has 4 atom stereocenters. The molecule has 5 rings (SSSR count). The van der Waals surface area contributed by atoms with Crippen LogP contribution in [0.2, 0.25) is 0 Å². The molecule has 10 nitrogen and oxygen atoms in total. The Hall–Kier alpha value is -3.91. The van der Waals surface area contributed by atoms with Crippen LogP contribution in [0.4, 0.5) is 19.3 Å². The third kappa shape index (κ3) is 8.20. The average Bonchev–Trinajstić information content (AvgIpc) is 3.09. The molecule has 2 saturated heterocycles. The lowest BCUT2D eigenvalue weighted by atomic mass is 9.76. The quantitative estimate of drug-likeness (QED) is 0.265. The average molecular weight is 685 g/mol. The van der Waals surface area contributed by atoms with Gasteiger partial charge in [-0.3, -0.25) is 4.79 Å². The lowest BCUT2D eigenvalue weighted by Crippen LogP contribution is -2.58. The molecule has 0 saturated carbocycles. The number of carbonyl (C=O) groups is 2. The number of nitrogens with zero attached hydrogens (tertiary/aromatic N) is 1. The van der Waals surface area contributed by atoms with Gasteiger partial charge < -0.3 is 25.4 Å². The summed E-state index contributed by atoms with van der Waals surface area (Å²) in [6, 6.07) is 16.4. The Kier molecular flexibility index (Phi) is 11.8. The Morgan fingerprint density at radius 3 is 2.40 bits per heavy atom. The van der Waals surface area contributed by atoms with Crippen molar-refractivity contribution in [1.29, 1.82) is 0 Å². The van der Waals surface area contributed by atoms with Crippen molar-refractivity contribution in [2.24, 2.45) is 5.92 Å². The van der Waals surface area contributed by atoms with Gasteiger partial charge in [-0.25, -0.2) is 22.0 Å². The van der Waals surface area contributed by atoms with E-state index < -0.39 is 51.7 Å². The summed E-state index contributed by atoms with van der Waals surface area (Å²) in [5, 5.41) is 8.80. The van der Waals surface area contributed by atoms with E-state index in [0.717, 1.165) is 0 Å². The number of hydrogen-bond acceptors (Lipinski definition) is 7. The predicted molar refractivity (Wildman–Crippen MR) is 177 cm³/mol. The molecule has 3 aromatic carbocycles. The van der Waals surface area contributed by atoms with Gasteiger partial charge in [0.15, 0.2) is 0 Å². The summed E-state index contributed by atoms with van der Waals surface area (Å²) in [6.07, 6.45) is 0.787. The minimum absolute atomic E-state index is 0.0950. The molecule has 2 aliphatic heterocycles. The van der Waals surface area contributed by atoms with Crippen LogP contribution in [0.1, 0.15) is 43.2 Å². The van der Waals surface area contributed by atoms with Crippen molar-refractivity contribution in [3.63, 3.8) is 0 Å². The molecular formula is C35H42F2N4O6S. The van der Waals surface area contributed by atoms with Gasteiger partial charge in [-0.2, -0.15) is 4.31 Å². The third-order valence-corrected chi connectivity index (χ3v) is 11.2. The number of benzene rings is 3. The first-order valence-corrected chi connectivity index (χ1v) is 17.6. The number of amides is 2. The first-order valence-electron chi connectivity index (χ1n) is 16.2. The van der Waals surface area contributed by atoms with Crippen molar-refractivity contribution in [2.75, 3.05) is 38.7 Å². The topological polar surface area (TPSA) is 126 Å². The van der Waals surface area contributed by atoms with Gasteiger partial charge in [0, 0.05) is 55.6 Å². The number of nitrogens with one attached hydrogen (secondary N) is 3. The first kappa shape index (κ1) is 35.4. The predicted octanol–water partition coefficient (Wildman–Crippen LogP) is 4.82. The van der Waals surface area contributed by atoms with Crippen LogP contribution < -0.4 is 16.0 Å². The fourth-order valence-electron chi connectivity index (χ4n) is 6.83. The highest BCUT2D eigenvalue weighted by atomic mass is 32.2. The second-order valence-corrected chi connectivity index (χ2v) is 14.1. The molecule has 2 aliphatic rings. The Bertz CT molecular complexity index is 1660. The molecule has 0 radical (unpaired) electrons. The molecule has 258 valence electrons. The molecule has 48 heavy (non-hydrogen) atoms. The van der Waals surface area contributed by atoms with Crippen molar-refractivity contribution >= 4 is 27.7 Å². The number of methoxy groups -OCH3 is 1. The van der Waals surface area contributed by atoms with E-state index in [9.17, 15) is 22.4 Å². The molecule has 0 aromatic heterocycles. The summed E-state index contributed by atoms with van der Waals surface area (Å²) in [4.78, 5) is 26.9. The van der Waals surface area contributed by atoms with E-state index in [-0.39, 0.29) is 40.9 Å². The SMILES string of the molecule is COC(=O)N[C@H](C(=O)Nc1cccc(F)c1CC[C@H]1CNC[C@H](C)N1S(=O)(=O)c1ccccc1)C(c1ccc(F)cc1)C1CCOCC1. The molecule has 1 unspecified atom stereocenters. The fourth-order valence-corrected chi connectivity index (χ4v) is 8.69. The normalized spacial score (nSPS) is 20.4. The number of ether oxygens (including phenoxy) is 2. The van der Waals surface area contributed by atoms with Crippen molar-refractivity contribution in [2.45, 2.75) is 61.5 Å². The van der Waals surface area contributed by atoms with E-state index in [4.69, 9.17) is 9.47 Å². The van der Waals surface area contributed by atoms with Gasteiger partial charge in [0.05, 0.1) is 12.0 Å². The van der Waals surface area contributed by atoms with E-state index in [1.807, 2.05) is 6.92 Å². The van der Waals surface area contributed by atoms with E-state index in [1.54, 1.807) is 48.5 Å². The van der Waals surface area contributed by atoms with Crippen LogP contribution in [0.5, 0.6) is 0 Å². The molecule has 2 fully saturated rings. The van der Waals surface area contributed by atoms with Gasteiger partial charge in [-0.15, -0.1) is 0 Å². The number of piperazine rings is 1. The molecule has 3 aromatic rings. The lowest BCUT2D eigenvalue weighted by Gasteiger charge is -2.40. The van der Waals surface area contributed by atoms with Crippen molar-refractivity contribution < 1.29 is 36.3 Å². The van der Waals surface area contributed by atoms with E-state index in [2.05, 4.69) is 16.0 Å². The van der Waals surface area contributed by atoms with Crippen LogP contribution in [0.15, 0.2) is 77.7 Å². The van der Waals surface area contributed by atoms with Crippen LogP contribution >= 0.6 is 0 Å². The summed E-state index contributed by atoms with van der Waals surface area (Å²) >= 11 is 0. The van der Waals surface area contributed by atoms with Gasteiger partial charge >= 0.3 is 6.09 Å². The summed E-state index contributed by atoms with van der Waals surface area (Å²) in [6.45, 7) is 3.62. The number of sulfonamides is 1. The standard InChI is InChI=1S/C35H42F2N4O6S/c1-23-21-38-22-27(41(23)48(44,45)28-7-4-3-5-8-28)15-16-29-30(37)9-6-10-31(29)39-34(42)33(40-35(43)46-2)32(25-17-19-47-20-18-25)24-11-13-26(36)14-12-24/h3-14,23,25,27,32-33,38H,15-22H2,1-2H3,(H,39,42)(H,40,43)/t23-,27-,32?,33-/m0/s1. The minimum Gasteiger partial charge on any atom is -0.453 e. The first-order chi connectivity index (χ1) is 23.1. The van der Waals surface area contributed by atoms with Crippen LogP contribution in [-0.2, 0) is 30.7 Å². The van der Waals surface area contributed by atoms with E-state index >= 15 is 4.39 Å². The van der Waals surface area contributed by atoms with Crippen LogP contribution in [0, 0.1) is 17.6 Å². The molecule has 2 amide bonds. The van der Waals surface area contributed by atoms with E-state index in [1.165, 1.54) is 35.7 Å².